The van der Waals surface area contributed by atoms with Crippen molar-refractivity contribution in [2.24, 2.45) is 23.7 Å². The van der Waals surface area contributed by atoms with Crippen LogP contribution in [0.15, 0.2) is 29.2 Å². The fourth-order valence-corrected chi connectivity index (χ4v) is 7.67. The number of benzene rings is 1. The Morgan fingerprint density at radius 1 is 1.07 bits per heavy atom. The first-order valence-electron chi connectivity index (χ1n) is 10.5. The molecule has 1 aromatic rings. The van der Waals surface area contributed by atoms with Crippen LogP contribution in [0.4, 0.5) is 0 Å². The molecular formula is C21H28N2O4S. The van der Waals surface area contributed by atoms with E-state index in [-0.39, 0.29) is 16.8 Å². The highest BCUT2D eigenvalue weighted by Gasteiger charge is 2.54. The number of nitrogens with zero attached hydrogens (tertiary/aromatic N) is 1. The molecular weight excluding hydrogens is 376 g/mol. The smallest absolute Gasteiger partial charge is 0.251 e. The standard InChI is InChI=1S/C21H28N2O4S/c24-21(22-20-13-15-12-19(20)18-6-2-5-17(15)18)14-3-1-4-16(11-14)28(25,26)23-7-9-27-10-8-23/h1,3-4,11,15,17-20H,2,5-10,12-13H2,(H,22,24). The number of carbonyl (C=O) groups is 1. The summed E-state index contributed by atoms with van der Waals surface area (Å²) in [7, 11) is -3.59. The molecule has 5 unspecified atom stereocenters. The molecule has 28 heavy (non-hydrogen) atoms. The molecule has 5 atom stereocenters. The Morgan fingerprint density at radius 3 is 2.68 bits per heavy atom. The van der Waals surface area contributed by atoms with Crippen LogP contribution in [0.1, 0.15) is 42.5 Å². The van der Waals surface area contributed by atoms with Gasteiger partial charge in [-0.05, 0) is 67.6 Å². The van der Waals surface area contributed by atoms with Gasteiger partial charge in [0, 0.05) is 24.7 Å². The predicted molar refractivity (Wildman–Crippen MR) is 104 cm³/mol. The van der Waals surface area contributed by atoms with Crippen LogP contribution in [0, 0.1) is 23.7 Å². The quantitative estimate of drug-likeness (QED) is 0.835. The van der Waals surface area contributed by atoms with Crippen LogP contribution in [0.5, 0.6) is 0 Å². The number of sulfonamides is 1. The van der Waals surface area contributed by atoms with E-state index < -0.39 is 10.0 Å². The lowest BCUT2D eigenvalue weighted by Crippen LogP contribution is -2.42. The first kappa shape index (κ1) is 18.6. The summed E-state index contributed by atoms with van der Waals surface area (Å²) in [5.74, 6) is 2.92. The van der Waals surface area contributed by atoms with Crippen molar-refractivity contribution >= 4 is 15.9 Å². The lowest BCUT2D eigenvalue weighted by molar-refractivity contribution is 0.0730. The molecule has 152 valence electrons. The van der Waals surface area contributed by atoms with Crippen molar-refractivity contribution in [3.05, 3.63) is 29.8 Å². The monoisotopic (exact) mass is 404 g/mol. The topological polar surface area (TPSA) is 75.7 Å². The van der Waals surface area contributed by atoms with Gasteiger partial charge in [-0.1, -0.05) is 12.5 Å². The summed E-state index contributed by atoms with van der Waals surface area (Å²) in [5, 5.41) is 3.23. The third-order valence-electron chi connectivity index (χ3n) is 7.45. The van der Waals surface area contributed by atoms with Gasteiger partial charge in [-0.25, -0.2) is 8.42 Å². The molecule has 4 fully saturated rings. The van der Waals surface area contributed by atoms with E-state index in [1.165, 1.54) is 36.1 Å². The average Bonchev–Trinajstić information content (AvgIpc) is 3.42. The lowest BCUT2D eigenvalue weighted by atomic mass is 9.79. The zero-order valence-corrected chi connectivity index (χ0v) is 16.9. The number of fused-ring (bicyclic) bond motifs is 5. The molecule has 7 heteroatoms. The first-order valence-corrected chi connectivity index (χ1v) is 12.0. The third kappa shape index (κ3) is 3.08. The second-order valence-corrected chi connectivity index (χ2v) is 10.7. The van der Waals surface area contributed by atoms with Crippen molar-refractivity contribution in [1.29, 1.82) is 0 Å². The van der Waals surface area contributed by atoms with Gasteiger partial charge in [-0.2, -0.15) is 4.31 Å². The number of carbonyl (C=O) groups excluding carboxylic acids is 1. The maximum Gasteiger partial charge on any atom is 0.251 e. The van der Waals surface area contributed by atoms with Crippen molar-refractivity contribution in [2.45, 2.75) is 43.0 Å². The zero-order chi connectivity index (χ0) is 19.3. The van der Waals surface area contributed by atoms with Crippen LogP contribution in [0.2, 0.25) is 0 Å². The van der Waals surface area contributed by atoms with Crippen LogP contribution in [-0.2, 0) is 14.8 Å². The minimum Gasteiger partial charge on any atom is -0.379 e. The summed E-state index contributed by atoms with van der Waals surface area (Å²) in [6, 6.07) is 6.71. The van der Waals surface area contributed by atoms with Gasteiger partial charge in [0.15, 0.2) is 0 Å². The van der Waals surface area contributed by atoms with Gasteiger partial charge < -0.3 is 10.1 Å². The molecule has 1 saturated heterocycles. The molecule has 3 saturated carbocycles. The van der Waals surface area contributed by atoms with E-state index in [4.69, 9.17) is 4.74 Å². The number of rotatable bonds is 4. The van der Waals surface area contributed by atoms with E-state index >= 15 is 0 Å². The Labute approximate surface area is 166 Å². The van der Waals surface area contributed by atoms with E-state index in [1.54, 1.807) is 18.2 Å². The van der Waals surface area contributed by atoms with Gasteiger partial charge in [0.25, 0.3) is 5.91 Å². The average molecular weight is 405 g/mol. The largest absolute Gasteiger partial charge is 0.379 e. The molecule has 1 amide bonds. The maximum atomic E-state index is 12.9. The Hall–Kier alpha value is -1.44. The zero-order valence-electron chi connectivity index (χ0n) is 16.0. The number of nitrogens with one attached hydrogen (secondary N) is 1. The first-order chi connectivity index (χ1) is 13.5. The van der Waals surface area contributed by atoms with Crippen molar-refractivity contribution in [2.75, 3.05) is 26.3 Å². The molecule has 2 bridgehead atoms. The minimum atomic E-state index is -3.59. The Bertz CT molecular complexity index is 865. The normalized spacial score (nSPS) is 35.1. The number of hydrogen-bond donors (Lipinski definition) is 1. The van der Waals surface area contributed by atoms with E-state index in [0.29, 0.717) is 37.8 Å². The Balaban J connectivity index is 1.30. The van der Waals surface area contributed by atoms with Gasteiger partial charge in [0.1, 0.15) is 0 Å². The van der Waals surface area contributed by atoms with Crippen molar-refractivity contribution in [3.63, 3.8) is 0 Å². The summed E-state index contributed by atoms with van der Waals surface area (Å²) in [6.07, 6.45) is 6.36. The Morgan fingerprint density at radius 2 is 1.86 bits per heavy atom. The van der Waals surface area contributed by atoms with E-state index in [0.717, 1.165) is 24.2 Å². The van der Waals surface area contributed by atoms with Crippen LogP contribution < -0.4 is 5.32 Å². The molecule has 0 spiro atoms. The highest BCUT2D eigenvalue weighted by molar-refractivity contribution is 7.89. The highest BCUT2D eigenvalue weighted by Crippen LogP contribution is 2.58. The van der Waals surface area contributed by atoms with Crippen LogP contribution >= 0.6 is 0 Å². The predicted octanol–water partition coefficient (Wildman–Crippen LogP) is 2.26. The van der Waals surface area contributed by atoms with Gasteiger partial charge in [0.05, 0.1) is 18.1 Å². The summed E-state index contributed by atoms with van der Waals surface area (Å²) >= 11 is 0. The fraction of sp³-hybridized carbons (Fsp3) is 0.667. The lowest BCUT2D eigenvalue weighted by Gasteiger charge is -2.32. The van der Waals surface area contributed by atoms with Crippen molar-refractivity contribution < 1.29 is 17.9 Å². The molecule has 0 radical (unpaired) electrons. The SMILES string of the molecule is O=C(NC1CC2CC1C1CCCC21)c1cccc(S(=O)(=O)N2CCOCC2)c1. The van der Waals surface area contributed by atoms with Crippen molar-refractivity contribution in [3.8, 4) is 0 Å². The molecule has 5 rings (SSSR count). The van der Waals surface area contributed by atoms with E-state index in [9.17, 15) is 13.2 Å². The summed E-state index contributed by atoms with van der Waals surface area (Å²) < 4.78 is 32.4. The van der Waals surface area contributed by atoms with Gasteiger partial charge in [0.2, 0.25) is 10.0 Å². The molecule has 3 aliphatic carbocycles. The molecule has 1 aliphatic heterocycles. The Kier molecular flexibility index (Phi) is 4.72. The minimum absolute atomic E-state index is 0.147. The summed E-state index contributed by atoms with van der Waals surface area (Å²) in [6.45, 7) is 1.52. The van der Waals surface area contributed by atoms with Crippen molar-refractivity contribution in [1.82, 2.24) is 9.62 Å². The summed E-state index contributed by atoms with van der Waals surface area (Å²) in [5.41, 5.74) is 0.431. The van der Waals surface area contributed by atoms with Crippen LogP contribution in [-0.4, -0.2) is 51.0 Å². The number of ether oxygens (including phenoxy) is 1. The number of morpholine rings is 1. The van der Waals surface area contributed by atoms with Gasteiger partial charge in [-0.3, -0.25) is 4.79 Å². The fourth-order valence-electron chi connectivity index (χ4n) is 6.22. The second kappa shape index (κ2) is 7.11. The van der Waals surface area contributed by atoms with E-state index in [1.807, 2.05) is 0 Å². The molecule has 1 N–H and O–H groups in total. The van der Waals surface area contributed by atoms with Crippen LogP contribution in [0.3, 0.4) is 0 Å². The second-order valence-electron chi connectivity index (χ2n) is 8.78. The van der Waals surface area contributed by atoms with Crippen LogP contribution in [0.25, 0.3) is 0 Å². The molecule has 1 aromatic carbocycles. The summed E-state index contributed by atoms with van der Waals surface area (Å²) in [4.78, 5) is 13.1. The third-order valence-corrected chi connectivity index (χ3v) is 9.34. The highest BCUT2D eigenvalue weighted by atomic mass is 32.2. The number of amides is 1. The van der Waals surface area contributed by atoms with Gasteiger partial charge >= 0.3 is 0 Å². The van der Waals surface area contributed by atoms with Gasteiger partial charge in [-0.15, -0.1) is 0 Å². The maximum absolute atomic E-state index is 12.9. The molecule has 1 heterocycles. The molecule has 6 nitrogen and oxygen atoms in total. The molecule has 0 aromatic heterocycles. The number of hydrogen-bond acceptors (Lipinski definition) is 4. The molecule has 4 aliphatic rings. The van der Waals surface area contributed by atoms with E-state index in [2.05, 4.69) is 5.32 Å².